The van der Waals surface area contributed by atoms with E-state index in [9.17, 15) is 18.1 Å². The summed E-state index contributed by atoms with van der Waals surface area (Å²) in [6.07, 6.45) is 1.55. The van der Waals surface area contributed by atoms with Crippen LogP contribution in [0.5, 0.6) is 0 Å². The summed E-state index contributed by atoms with van der Waals surface area (Å²) in [7, 11) is -3.36. The predicted octanol–water partition coefficient (Wildman–Crippen LogP) is 4.18. The van der Waals surface area contributed by atoms with Crippen molar-refractivity contribution >= 4 is 33.0 Å². The highest BCUT2D eigenvalue weighted by Gasteiger charge is 2.38. The maximum absolute atomic E-state index is 13.0. The van der Waals surface area contributed by atoms with Crippen molar-refractivity contribution in [2.24, 2.45) is 15.7 Å². The standard InChI is InChI=1S/C21H24N4O4S/c1-21(2,3)20(26)25-19(15-6-5-7-17(12-15)23-27)13-18(22-25)14-8-10-16(11-9-14)24-30(4,28)29/h5-12,19,24H,13H2,1-4H3. The Morgan fingerprint density at radius 2 is 1.83 bits per heavy atom. The summed E-state index contributed by atoms with van der Waals surface area (Å²) in [5, 5.41) is 9.06. The molecule has 1 aliphatic heterocycles. The molecule has 1 amide bonds. The van der Waals surface area contributed by atoms with Crippen LogP contribution < -0.4 is 4.72 Å². The van der Waals surface area contributed by atoms with E-state index in [1.54, 1.807) is 42.5 Å². The van der Waals surface area contributed by atoms with E-state index in [0.717, 1.165) is 17.4 Å². The van der Waals surface area contributed by atoms with Gasteiger partial charge in [0.1, 0.15) is 5.69 Å². The zero-order valence-electron chi connectivity index (χ0n) is 17.3. The van der Waals surface area contributed by atoms with Crippen molar-refractivity contribution in [3.8, 4) is 0 Å². The first-order valence-corrected chi connectivity index (χ1v) is 11.3. The summed E-state index contributed by atoms with van der Waals surface area (Å²) >= 11 is 0. The maximum Gasteiger partial charge on any atom is 0.248 e. The number of hydrazone groups is 1. The zero-order valence-corrected chi connectivity index (χ0v) is 18.1. The van der Waals surface area contributed by atoms with E-state index in [1.807, 2.05) is 26.8 Å². The Balaban J connectivity index is 1.96. The van der Waals surface area contributed by atoms with Crippen LogP contribution in [0, 0.1) is 10.3 Å². The van der Waals surface area contributed by atoms with Crippen LogP contribution in [0.2, 0.25) is 0 Å². The van der Waals surface area contributed by atoms with Crippen LogP contribution in [0.3, 0.4) is 0 Å². The van der Waals surface area contributed by atoms with Crippen LogP contribution in [0.1, 0.15) is 44.4 Å². The van der Waals surface area contributed by atoms with Crippen LogP contribution in [0.25, 0.3) is 0 Å². The van der Waals surface area contributed by atoms with Gasteiger partial charge in [-0.15, -0.1) is 4.91 Å². The molecule has 0 radical (unpaired) electrons. The van der Waals surface area contributed by atoms with Crippen molar-refractivity contribution in [2.45, 2.75) is 33.2 Å². The highest BCUT2D eigenvalue weighted by Crippen LogP contribution is 2.37. The monoisotopic (exact) mass is 428 g/mol. The minimum absolute atomic E-state index is 0.137. The summed E-state index contributed by atoms with van der Waals surface area (Å²) in [5.74, 6) is -0.137. The fourth-order valence-corrected chi connectivity index (χ4v) is 3.77. The fraction of sp³-hybridized carbons (Fsp3) is 0.333. The second kappa shape index (κ2) is 7.98. The summed E-state index contributed by atoms with van der Waals surface area (Å²) in [5.41, 5.74) is 2.37. The van der Waals surface area contributed by atoms with Crippen LogP contribution >= 0.6 is 0 Å². The lowest BCUT2D eigenvalue weighted by atomic mass is 9.93. The molecule has 158 valence electrons. The first kappa shape index (κ1) is 21.6. The molecule has 0 fully saturated rings. The predicted molar refractivity (Wildman–Crippen MR) is 117 cm³/mol. The molecule has 1 atom stereocenters. The van der Waals surface area contributed by atoms with Crippen LogP contribution in [-0.2, 0) is 14.8 Å². The smallest absolute Gasteiger partial charge is 0.248 e. The average Bonchev–Trinajstić information content (AvgIpc) is 3.11. The minimum atomic E-state index is -3.36. The molecular formula is C21H24N4O4S. The van der Waals surface area contributed by atoms with E-state index >= 15 is 0 Å². The number of carbonyl (C=O) groups is 1. The lowest BCUT2D eigenvalue weighted by molar-refractivity contribution is -0.141. The molecule has 1 N–H and O–H groups in total. The van der Waals surface area contributed by atoms with Gasteiger partial charge in [-0.25, -0.2) is 13.4 Å². The lowest BCUT2D eigenvalue weighted by Crippen LogP contribution is -2.36. The quantitative estimate of drug-likeness (QED) is 0.721. The number of nitrogens with one attached hydrogen (secondary N) is 1. The second-order valence-electron chi connectivity index (χ2n) is 8.30. The Bertz CT molecular complexity index is 1100. The molecule has 3 rings (SSSR count). The van der Waals surface area contributed by atoms with Gasteiger partial charge in [0.05, 0.1) is 18.0 Å². The topological polar surface area (TPSA) is 108 Å². The normalized spacial score (nSPS) is 16.9. The lowest BCUT2D eigenvalue weighted by Gasteiger charge is -2.28. The van der Waals surface area contributed by atoms with Gasteiger partial charge < -0.3 is 0 Å². The summed E-state index contributed by atoms with van der Waals surface area (Å²) in [6.45, 7) is 5.48. The molecule has 2 aromatic carbocycles. The number of sulfonamides is 1. The van der Waals surface area contributed by atoms with Crippen molar-refractivity contribution in [2.75, 3.05) is 11.0 Å². The Morgan fingerprint density at radius 1 is 1.17 bits per heavy atom. The molecule has 8 nitrogen and oxygen atoms in total. The Kier molecular flexibility index (Phi) is 5.76. The molecule has 0 saturated heterocycles. The molecule has 2 aromatic rings. The Labute approximate surface area is 176 Å². The Hall–Kier alpha value is -3.07. The number of hydrogen-bond acceptors (Lipinski definition) is 6. The van der Waals surface area contributed by atoms with Gasteiger partial charge in [0.2, 0.25) is 15.9 Å². The highest BCUT2D eigenvalue weighted by atomic mass is 32.2. The van der Waals surface area contributed by atoms with E-state index in [2.05, 4.69) is 15.0 Å². The third kappa shape index (κ3) is 4.91. The summed E-state index contributed by atoms with van der Waals surface area (Å²) < 4.78 is 25.2. The molecular weight excluding hydrogens is 404 g/mol. The van der Waals surface area contributed by atoms with Gasteiger partial charge in [0.25, 0.3) is 0 Å². The van der Waals surface area contributed by atoms with Crippen molar-refractivity contribution in [1.82, 2.24) is 5.01 Å². The molecule has 1 unspecified atom stereocenters. The number of benzene rings is 2. The van der Waals surface area contributed by atoms with E-state index in [-0.39, 0.29) is 11.9 Å². The fourth-order valence-electron chi connectivity index (χ4n) is 3.21. The average molecular weight is 429 g/mol. The number of anilines is 1. The molecule has 0 bridgehead atoms. The molecule has 0 spiro atoms. The van der Waals surface area contributed by atoms with Crippen molar-refractivity contribution < 1.29 is 13.2 Å². The third-order valence-electron chi connectivity index (χ3n) is 4.64. The number of hydrogen-bond donors (Lipinski definition) is 1. The van der Waals surface area contributed by atoms with Crippen LogP contribution in [0.15, 0.2) is 58.8 Å². The molecule has 0 aromatic heterocycles. The number of amides is 1. The minimum Gasteiger partial charge on any atom is -0.284 e. The molecule has 9 heteroatoms. The van der Waals surface area contributed by atoms with Crippen LogP contribution in [0.4, 0.5) is 11.4 Å². The van der Waals surface area contributed by atoms with Gasteiger partial charge in [0.15, 0.2) is 0 Å². The highest BCUT2D eigenvalue weighted by molar-refractivity contribution is 7.92. The number of nitrogens with zero attached hydrogens (tertiary/aromatic N) is 3. The largest absolute Gasteiger partial charge is 0.284 e. The maximum atomic E-state index is 13.0. The number of nitroso groups, excluding NO2 is 1. The number of carbonyl (C=O) groups excluding carboxylic acids is 1. The van der Waals surface area contributed by atoms with E-state index in [1.165, 1.54) is 5.01 Å². The van der Waals surface area contributed by atoms with E-state index in [4.69, 9.17) is 0 Å². The van der Waals surface area contributed by atoms with Gasteiger partial charge in [-0.1, -0.05) is 45.0 Å². The van der Waals surface area contributed by atoms with Crippen LogP contribution in [-0.4, -0.2) is 31.3 Å². The first-order valence-electron chi connectivity index (χ1n) is 9.40. The van der Waals surface area contributed by atoms with Gasteiger partial charge in [0, 0.05) is 17.5 Å². The van der Waals surface area contributed by atoms with Crippen molar-refractivity contribution in [3.63, 3.8) is 0 Å². The van der Waals surface area contributed by atoms with Crippen molar-refractivity contribution in [3.05, 3.63) is 64.6 Å². The third-order valence-corrected chi connectivity index (χ3v) is 5.25. The summed E-state index contributed by atoms with van der Waals surface area (Å²) in [6, 6.07) is 13.3. The van der Waals surface area contributed by atoms with Gasteiger partial charge in [-0.3, -0.25) is 9.52 Å². The van der Waals surface area contributed by atoms with E-state index < -0.39 is 15.4 Å². The molecule has 0 saturated carbocycles. The number of rotatable bonds is 5. The summed E-state index contributed by atoms with van der Waals surface area (Å²) in [4.78, 5) is 24.0. The molecule has 1 heterocycles. The van der Waals surface area contributed by atoms with Crippen molar-refractivity contribution in [1.29, 1.82) is 0 Å². The molecule has 30 heavy (non-hydrogen) atoms. The van der Waals surface area contributed by atoms with Gasteiger partial charge in [-0.2, -0.15) is 5.10 Å². The van der Waals surface area contributed by atoms with Gasteiger partial charge >= 0.3 is 0 Å². The van der Waals surface area contributed by atoms with Gasteiger partial charge in [-0.05, 0) is 40.6 Å². The zero-order chi connectivity index (χ0) is 22.1. The SMILES string of the molecule is CC(C)(C)C(=O)N1N=C(c2ccc(NS(C)(=O)=O)cc2)CC1c1cccc(N=O)c1. The van der Waals surface area contributed by atoms with E-state index in [0.29, 0.717) is 23.5 Å². The second-order valence-corrected chi connectivity index (χ2v) is 10.1. The molecule has 1 aliphatic rings. The Morgan fingerprint density at radius 3 is 2.40 bits per heavy atom. The first-order chi connectivity index (χ1) is 14.0. The molecule has 0 aliphatic carbocycles.